The fraction of sp³-hybridized carbons (Fsp3) is 0.417. The van der Waals surface area contributed by atoms with Crippen LogP contribution in [0, 0.1) is 0 Å². The van der Waals surface area contributed by atoms with Gasteiger partial charge >= 0.3 is 17.9 Å². The number of carbonyl (C=O) groups excluding carboxylic acids is 2. The highest BCUT2D eigenvalue weighted by Gasteiger charge is 2.59. The molecular formula is C24H26ClNO7. The van der Waals surface area contributed by atoms with Crippen molar-refractivity contribution in [3.63, 3.8) is 0 Å². The molecule has 0 aromatic heterocycles. The Balaban J connectivity index is 1.88. The molecule has 1 spiro atoms. The first-order chi connectivity index (χ1) is 15.7. The summed E-state index contributed by atoms with van der Waals surface area (Å²) in [6.45, 7) is 0.747. The molecule has 2 aliphatic heterocycles. The van der Waals surface area contributed by atoms with Gasteiger partial charge in [0.1, 0.15) is 17.1 Å². The van der Waals surface area contributed by atoms with E-state index >= 15 is 0 Å². The maximum absolute atomic E-state index is 12.3. The number of para-hydroxylation sites is 1. The van der Waals surface area contributed by atoms with Crippen LogP contribution in [-0.2, 0) is 24.7 Å². The number of aliphatic hydroxyl groups is 1. The van der Waals surface area contributed by atoms with Gasteiger partial charge in [-0.1, -0.05) is 35.9 Å². The third kappa shape index (κ3) is 4.38. The Hall–Kier alpha value is -2.81. The maximum Gasteiger partial charge on any atom is 0.423 e. The highest BCUT2D eigenvalue weighted by molar-refractivity contribution is 6.32. The Kier molecular flexibility index (Phi) is 6.26. The second-order valence-electron chi connectivity index (χ2n) is 8.54. The standard InChI is InChI=1S/C24H26ClNO7/c1-26(2)12-6-11-23(29)16-7-4-5-8-19(16)31-24(32-21(27)22(28)33-24)14-17(23)15-9-10-18(25)20(13-15)30-3/h4-5,7-10,13,17,29H,6,11-12,14H2,1-3H3. The highest BCUT2D eigenvalue weighted by atomic mass is 35.5. The van der Waals surface area contributed by atoms with E-state index in [4.69, 9.17) is 30.5 Å². The molecule has 2 aromatic carbocycles. The van der Waals surface area contributed by atoms with Gasteiger partial charge in [-0.15, -0.1) is 0 Å². The fourth-order valence-corrected chi connectivity index (χ4v) is 4.70. The number of nitrogens with zero attached hydrogens (tertiary/aromatic N) is 1. The van der Waals surface area contributed by atoms with Gasteiger partial charge in [0, 0.05) is 11.5 Å². The number of methoxy groups -OCH3 is 1. The predicted molar refractivity (Wildman–Crippen MR) is 119 cm³/mol. The van der Waals surface area contributed by atoms with Crippen LogP contribution in [0.5, 0.6) is 11.5 Å². The monoisotopic (exact) mass is 475 g/mol. The Labute approximate surface area is 196 Å². The number of carbonyl (C=O) groups is 2. The van der Waals surface area contributed by atoms with Crippen LogP contribution in [0.2, 0.25) is 5.02 Å². The molecule has 1 saturated heterocycles. The zero-order valence-electron chi connectivity index (χ0n) is 18.7. The van der Waals surface area contributed by atoms with E-state index in [0.29, 0.717) is 34.7 Å². The molecule has 4 rings (SSSR count). The van der Waals surface area contributed by atoms with Gasteiger partial charge in [-0.25, -0.2) is 9.59 Å². The molecule has 1 N–H and O–H groups in total. The van der Waals surface area contributed by atoms with Crippen LogP contribution >= 0.6 is 11.6 Å². The number of esters is 2. The van der Waals surface area contributed by atoms with Crippen molar-refractivity contribution in [1.82, 2.24) is 4.90 Å². The number of fused-ring (bicyclic) bond motifs is 1. The Morgan fingerprint density at radius 2 is 1.82 bits per heavy atom. The second-order valence-corrected chi connectivity index (χ2v) is 8.95. The van der Waals surface area contributed by atoms with Gasteiger partial charge in [-0.3, -0.25) is 0 Å². The molecule has 0 saturated carbocycles. The molecular weight excluding hydrogens is 450 g/mol. The van der Waals surface area contributed by atoms with E-state index in [-0.39, 0.29) is 12.2 Å². The van der Waals surface area contributed by atoms with E-state index < -0.39 is 29.4 Å². The SMILES string of the molecule is COc1cc(C2CC3(OC(=O)C(=O)O3)Oc3ccccc3C2(O)CCCN(C)C)ccc1Cl. The average molecular weight is 476 g/mol. The van der Waals surface area contributed by atoms with Crippen molar-refractivity contribution in [3.8, 4) is 11.5 Å². The van der Waals surface area contributed by atoms with Crippen molar-refractivity contribution in [2.45, 2.75) is 36.8 Å². The summed E-state index contributed by atoms with van der Waals surface area (Å²) < 4.78 is 22.0. The molecule has 176 valence electrons. The van der Waals surface area contributed by atoms with Gasteiger partial charge in [0.2, 0.25) is 0 Å². The summed E-state index contributed by atoms with van der Waals surface area (Å²) in [5.41, 5.74) is -0.253. The quantitative estimate of drug-likeness (QED) is 0.503. The van der Waals surface area contributed by atoms with Crippen molar-refractivity contribution in [2.24, 2.45) is 0 Å². The molecule has 2 atom stereocenters. The average Bonchev–Trinajstić information content (AvgIpc) is 2.99. The molecule has 9 heteroatoms. The van der Waals surface area contributed by atoms with Crippen LogP contribution in [0.15, 0.2) is 42.5 Å². The molecule has 0 aliphatic carbocycles. The van der Waals surface area contributed by atoms with Crippen LogP contribution in [-0.4, -0.2) is 55.7 Å². The fourth-order valence-electron chi connectivity index (χ4n) is 4.50. The van der Waals surface area contributed by atoms with Crippen molar-refractivity contribution < 1.29 is 33.6 Å². The predicted octanol–water partition coefficient (Wildman–Crippen LogP) is 3.20. The zero-order chi connectivity index (χ0) is 23.8. The summed E-state index contributed by atoms with van der Waals surface area (Å²) in [5.74, 6) is -4.26. The first-order valence-corrected chi connectivity index (χ1v) is 11.0. The summed E-state index contributed by atoms with van der Waals surface area (Å²) in [5, 5.41) is 12.7. The number of hydrogen-bond acceptors (Lipinski definition) is 8. The molecule has 2 heterocycles. The van der Waals surface area contributed by atoms with E-state index in [1.807, 2.05) is 19.0 Å². The van der Waals surface area contributed by atoms with Crippen molar-refractivity contribution in [1.29, 1.82) is 0 Å². The zero-order valence-corrected chi connectivity index (χ0v) is 19.4. The third-order valence-electron chi connectivity index (χ3n) is 6.05. The number of hydrogen-bond donors (Lipinski definition) is 1. The summed E-state index contributed by atoms with van der Waals surface area (Å²) in [6.07, 6.45) is 0.924. The number of rotatable bonds is 6. The molecule has 2 aliphatic rings. The van der Waals surface area contributed by atoms with Crippen LogP contribution in [0.1, 0.15) is 36.3 Å². The summed E-state index contributed by atoms with van der Waals surface area (Å²) >= 11 is 6.24. The van der Waals surface area contributed by atoms with Gasteiger partial charge < -0.3 is 29.0 Å². The smallest absolute Gasteiger partial charge is 0.423 e. The minimum absolute atomic E-state index is 0.123. The lowest BCUT2D eigenvalue weighted by Gasteiger charge is -2.37. The van der Waals surface area contributed by atoms with E-state index in [1.54, 1.807) is 42.5 Å². The van der Waals surface area contributed by atoms with Gasteiger partial charge in [0.15, 0.2) is 0 Å². The molecule has 0 bridgehead atoms. The lowest BCUT2D eigenvalue weighted by Crippen LogP contribution is -2.41. The van der Waals surface area contributed by atoms with Crippen LogP contribution in [0.4, 0.5) is 0 Å². The molecule has 0 radical (unpaired) electrons. The van der Waals surface area contributed by atoms with Gasteiger partial charge in [-0.05, 0) is 57.2 Å². The molecule has 2 aromatic rings. The summed E-state index contributed by atoms with van der Waals surface area (Å²) in [6, 6.07) is 12.1. The van der Waals surface area contributed by atoms with Gasteiger partial charge in [-0.2, -0.15) is 0 Å². The van der Waals surface area contributed by atoms with Crippen molar-refractivity contribution in [3.05, 3.63) is 58.6 Å². The maximum atomic E-state index is 12.3. The first kappa shape index (κ1) is 23.4. The minimum Gasteiger partial charge on any atom is -0.495 e. The molecule has 0 amide bonds. The van der Waals surface area contributed by atoms with Gasteiger partial charge in [0.25, 0.3) is 0 Å². The van der Waals surface area contributed by atoms with E-state index in [1.165, 1.54) is 7.11 Å². The topological polar surface area (TPSA) is 94.5 Å². The van der Waals surface area contributed by atoms with E-state index in [0.717, 1.165) is 6.54 Å². The Morgan fingerprint density at radius 3 is 2.48 bits per heavy atom. The molecule has 2 unspecified atom stereocenters. The summed E-state index contributed by atoms with van der Waals surface area (Å²) in [7, 11) is 5.42. The normalized spacial score (nSPS) is 23.5. The molecule has 33 heavy (non-hydrogen) atoms. The van der Waals surface area contributed by atoms with Crippen LogP contribution in [0.3, 0.4) is 0 Å². The Bertz CT molecular complexity index is 1060. The number of ether oxygens (including phenoxy) is 4. The number of halogens is 1. The van der Waals surface area contributed by atoms with Crippen LogP contribution < -0.4 is 9.47 Å². The van der Waals surface area contributed by atoms with Crippen molar-refractivity contribution in [2.75, 3.05) is 27.7 Å². The van der Waals surface area contributed by atoms with Crippen LogP contribution in [0.25, 0.3) is 0 Å². The molecule has 8 nitrogen and oxygen atoms in total. The second kappa shape index (κ2) is 8.85. The van der Waals surface area contributed by atoms with E-state index in [9.17, 15) is 14.7 Å². The lowest BCUT2D eigenvalue weighted by molar-refractivity contribution is -0.280. The molecule has 1 fully saturated rings. The largest absolute Gasteiger partial charge is 0.495 e. The van der Waals surface area contributed by atoms with Crippen molar-refractivity contribution >= 4 is 23.5 Å². The first-order valence-electron chi connectivity index (χ1n) is 10.6. The highest BCUT2D eigenvalue weighted by Crippen LogP contribution is 2.53. The van der Waals surface area contributed by atoms with E-state index in [2.05, 4.69) is 0 Å². The Morgan fingerprint density at radius 1 is 1.12 bits per heavy atom. The van der Waals surface area contributed by atoms with Gasteiger partial charge in [0.05, 0.1) is 18.6 Å². The summed E-state index contributed by atoms with van der Waals surface area (Å²) in [4.78, 5) is 26.0. The minimum atomic E-state index is -1.99. The lowest BCUT2D eigenvalue weighted by atomic mass is 9.72. The third-order valence-corrected chi connectivity index (χ3v) is 6.37. The number of benzene rings is 2.